The largest absolute Gasteiger partial charge is 0.480 e. The van der Waals surface area contributed by atoms with Crippen molar-refractivity contribution in [3.8, 4) is 0 Å². The normalized spacial score (nSPS) is 17.1. The monoisotopic (exact) mass is 280 g/mol. The van der Waals surface area contributed by atoms with Crippen LogP contribution in [0.4, 0.5) is 0 Å². The van der Waals surface area contributed by atoms with Gasteiger partial charge >= 0.3 is 5.97 Å². The molecule has 1 amide bonds. The van der Waals surface area contributed by atoms with Gasteiger partial charge in [-0.25, -0.2) is 4.79 Å². The van der Waals surface area contributed by atoms with Crippen LogP contribution in [-0.4, -0.2) is 51.7 Å². The minimum absolute atomic E-state index is 0.0416. The second-order valence-electron chi connectivity index (χ2n) is 5.69. The molecule has 1 fully saturated rings. The lowest BCUT2D eigenvalue weighted by molar-refractivity contribution is -0.160. The number of carboxylic acid groups (broad SMARTS) is 1. The van der Waals surface area contributed by atoms with Gasteiger partial charge in [-0.15, -0.1) is 0 Å². The van der Waals surface area contributed by atoms with Crippen molar-refractivity contribution in [1.29, 1.82) is 0 Å². The quantitative estimate of drug-likeness (QED) is 0.884. The number of aliphatic carboxylic acids is 1. The predicted molar refractivity (Wildman–Crippen MR) is 72.7 cm³/mol. The summed E-state index contributed by atoms with van der Waals surface area (Å²) in [6.45, 7) is 6.37. The zero-order valence-corrected chi connectivity index (χ0v) is 12.0. The Hall–Kier alpha value is -1.82. The van der Waals surface area contributed by atoms with Gasteiger partial charge in [0.25, 0.3) is 5.91 Å². The molecule has 0 unspecified atom stereocenters. The minimum atomic E-state index is -0.996. The van der Waals surface area contributed by atoms with Crippen LogP contribution < -0.4 is 0 Å². The molecule has 0 spiro atoms. The van der Waals surface area contributed by atoms with Crippen molar-refractivity contribution in [2.45, 2.75) is 32.4 Å². The molecule has 20 heavy (non-hydrogen) atoms. The van der Waals surface area contributed by atoms with Gasteiger partial charge in [0.05, 0.1) is 13.1 Å². The fourth-order valence-electron chi connectivity index (χ4n) is 2.42. The van der Waals surface area contributed by atoms with Crippen LogP contribution in [0.25, 0.3) is 0 Å². The first-order chi connectivity index (χ1) is 9.32. The van der Waals surface area contributed by atoms with E-state index in [4.69, 9.17) is 9.84 Å². The highest BCUT2D eigenvalue weighted by molar-refractivity contribution is 5.93. The number of nitrogens with zero attached hydrogens (tertiary/aromatic N) is 2. The van der Waals surface area contributed by atoms with Gasteiger partial charge in [0, 0.05) is 12.2 Å². The van der Waals surface area contributed by atoms with E-state index in [1.807, 2.05) is 37.6 Å². The number of rotatable bonds is 5. The molecule has 1 aliphatic heterocycles. The van der Waals surface area contributed by atoms with Gasteiger partial charge in [-0.3, -0.25) is 4.79 Å². The maximum atomic E-state index is 12.4. The standard InChI is InChI=1S/C14H20N2O4/c1-10(2)16-6-4-5-11(16)13(19)15-8-14(3,9-15)20-7-12(17)18/h4-6,10H,7-9H2,1-3H3,(H,17,18). The minimum Gasteiger partial charge on any atom is -0.480 e. The van der Waals surface area contributed by atoms with Crippen molar-refractivity contribution in [2.75, 3.05) is 19.7 Å². The summed E-state index contributed by atoms with van der Waals surface area (Å²) in [4.78, 5) is 24.5. The van der Waals surface area contributed by atoms with Crippen LogP contribution in [0.3, 0.4) is 0 Å². The molecular weight excluding hydrogens is 260 g/mol. The first kappa shape index (κ1) is 14.6. The summed E-state index contributed by atoms with van der Waals surface area (Å²) in [5.74, 6) is -1.04. The van der Waals surface area contributed by atoms with Gasteiger partial charge in [-0.2, -0.15) is 0 Å². The molecule has 0 bridgehead atoms. The van der Waals surface area contributed by atoms with E-state index in [-0.39, 0.29) is 18.6 Å². The molecule has 6 heteroatoms. The van der Waals surface area contributed by atoms with Crippen LogP contribution in [0, 0.1) is 0 Å². The number of carbonyl (C=O) groups excluding carboxylic acids is 1. The van der Waals surface area contributed by atoms with E-state index in [0.717, 1.165) is 0 Å². The molecule has 6 nitrogen and oxygen atoms in total. The second-order valence-corrected chi connectivity index (χ2v) is 5.69. The molecule has 1 aromatic heterocycles. The number of hydrogen-bond acceptors (Lipinski definition) is 3. The molecule has 1 saturated heterocycles. The Kier molecular flexibility index (Phi) is 3.85. The zero-order chi connectivity index (χ0) is 14.9. The summed E-state index contributed by atoms with van der Waals surface area (Å²) in [7, 11) is 0. The lowest BCUT2D eigenvalue weighted by Crippen LogP contribution is -2.63. The zero-order valence-electron chi connectivity index (χ0n) is 12.0. The molecule has 1 aromatic rings. The summed E-state index contributed by atoms with van der Waals surface area (Å²) in [6.07, 6.45) is 1.89. The summed E-state index contributed by atoms with van der Waals surface area (Å²) >= 11 is 0. The molecule has 2 rings (SSSR count). The second kappa shape index (κ2) is 5.28. The van der Waals surface area contributed by atoms with Crippen LogP contribution in [0.1, 0.15) is 37.3 Å². The summed E-state index contributed by atoms with van der Waals surface area (Å²) in [6, 6.07) is 3.88. The van der Waals surface area contributed by atoms with Crippen LogP contribution in [0.5, 0.6) is 0 Å². The average molecular weight is 280 g/mol. The Balaban J connectivity index is 1.97. The van der Waals surface area contributed by atoms with Crippen LogP contribution in [0.2, 0.25) is 0 Å². The number of aromatic nitrogens is 1. The molecule has 0 radical (unpaired) electrons. The Morgan fingerprint density at radius 3 is 2.65 bits per heavy atom. The molecule has 0 aromatic carbocycles. The van der Waals surface area contributed by atoms with Crippen molar-refractivity contribution in [2.24, 2.45) is 0 Å². The van der Waals surface area contributed by atoms with Crippen LogP contribution in [-0.2, 0) is 9.53 Å². The van der Waals surface area contributed by atoms with E-state index in [0.29, 0.717) is 18.8 Å². The first-order valence-corrected chi connectivity index (χ1v) is 6.64. The maximum Gasteiger partial charge on any atom is 0.329 e. The van der Waals surface area contributed by atoms with Crippen molar-refractivity contribution in [3.63, 3.8) is 0 Å². The van der Waals surface area contributed by atoms with Crippen molar-refractivity contribution < 1.29 is 19.4 Å². The van der Waals surface area contributed by atoms with Gasteiger partial charge < -0.3 is 19.3 Å². The molecular formula is C14H20N2O4. The first-order valence-electron chi connectivity index (χ1n) is 6.64. The van der Waals surface area contributed by atoms with Gasteiger partial charge in [-0.1, -0.05) is 0 Å². The van der Waals surface area contributed by atoms with Gasteiger partial charge in [0.2, 0.25) is 0 Å². The molecule has 0 atom stereocenters. The number of likely N-dealkylation sites (tertiary alicyclic amines) is 1. The SMILES string of the molecule is CC(C)n1cccc1C(=O)N1CC(C)(OCC(=O)O)C1. The maximum absolute atomic E-state index is 12.4. The van der Waals surface area contributed by atoms with Crippen LogP contribution in [0.15, 0.2) is 18.3 Å². The topological polar surface area (TPSA) is 71.8 Å². The van der Waals surface area contributed by atoms with E-state index in [9.17, 15) is 9.59 Å². The predicted octanol–water partition coefficient (Wildman–Crippen LogP) is 1.38. The third kappa shape index (κ3) is 2.85. The van der Waals surface area contributed by atoms with E-state index in [1.165, 1.54) is 0 Å². The number of carbonyl (C=O) groups is 2. The fraction of sp³-hybridized carbons (Fsp3) is 0.571. The highest BCUT2D eigenvalue weighted by atomic mass is 16.5. The smallest absolute Gasteiger partial charge is 0.329 e. The van der Waals surface area contributed by atoms with Gasteiger partial charge in [-0.05, 0) is 32.9 Å². The van der Waals surface area contributed by atoms with Gasteiger partial charge in [0.1, 0.15) is 17.9 Å². The molecule has 2 heterocycles. The fourth-order valence-corrected chi connectivity index (χ4v) is 2.42. The van der Waals surface area contributed by atoms with Crippen molar-refractivity contribution >= 4 is 11.9 Å². The van der Waals surface area contributed by atoms with Crippen molar-refractivity contribution in [3.05, 3.63) is 24.0 Å². The highest BCUT2D eigenvalue weighted by Gasteiger charge is 2.43. The van der Waals surface area contributed by atoms with Gasteiger partial charge in [0.15, 0.2) is 0 Å². The summed E-state index contributed by atoms with van der Waals surface area (Å²) in [5.41, 5.74) is 0.101. The lowest BCUT2D eigenvalue weighted by atomic mass is 9.96. The number of hydrogen-bond donors (Lipinski definition) is 1. The Morgan fingerprint density at radius 1 is 1.45 bits per heavy atom. The Labute approximate surface area is 117 Å². The molecule has 110 valence electrons. The Morgan fingerprint density at radius 2 is 2.10 bits per heavy atom. The number of carboxylic acids is 1. The average Bonchev–Trinajstić information content (AvgIpc) is 2.81. The molecule has 0 aliphatic carbocycles. The third-order valence-corrected chi connectivity index (χ3v) is 3.44. The van der Waals surface area contributed by atoms with E-state index in [2.05, 4.69) is 0 Å². The number of amides is 1. The molecule has 1 N–H and O–H groups in total. The lowest BCUT2D eigenvalue weighted by Gasteiger charge is -2.47. The van der Waals surface area contributed by atoms with E-state index >= 15 is 0 Å². The summed E-state index contributed by atoms with van der Waals surface area (Å²) in [5, 5.41) is 8.61. The van der Waals surface area contributed by atoms with E-state index in [1.54, 1.807) is 11.0 Å². The van der Waals surface area contributed by atoms with Crippen LogP contribution >= 0.6 is 0 Å². The highest BCUT2D eigenvalue weighted by Crippen LogP contribution is 2.27. The third-order valence-electron chi connectivity index (χ3n) is 3.44. The summed E-state index contributed by atoms with van der Waals surface area (Å²) < 4.78 is 7.23. The molecule has 1 aliphatic rings. The molecule has 0 saturated carbocycles. The Bertz CT molecular complexity index is 515. The van der Waals surface area contributed by atoms with E-state index < -0.39 is 11.6 Å². The van der Waals surface area contributed by atoms with Crippen molar-refractivity contribution in [1.82, 2.24) is 9.47 Å². The number of ether oxygens (including phenoxy) is 1.